The minimum Gasteiger partial charge on any atom is -0.493 e. The van der Waals surface area contributed by atoms with Crippen molar-refractivity contribution < 1.29 is 19.1 Å². The highest BCUT2D eigenvalue weighted by atomic mass is 35.5. The first-order valence-electron chi connectivity index (χ1n) is 9.01. The van der Waals surface area contributed by atoms with E-state index in [0.717, 1.165) is 10.5 Å². The van der Waals surface area contributed by atoms with Crippen molar-refractivity contribution in [2.75, 3.05) is 18.5 Å². The van der Waals surface area contributed by atoms with Crippen molar-refractivity contribution in [3.05, 3.63) is 64.3 Å². The number of nitrogens with zero attached hydrogens (tertiary/aromatic N) is 1. The molecule has 2 aromatic rings. The molecule has 1 aliphatic heterocycles. The van der Waals surface area contributed by atoms with Gasteiger partial charge in [-0.1, -0.05) is 23.7 Å². The molecule has 2 aromatic carbocycles. The van der Waals surface area contributed by atoms with Crippen molar-refractivity contribution >= 4 is 41.2 Å². The van der Waals surface area contributed by atoms with Gasteiger partial charge < -0.3 is 15.4 Å². The van der Waals surface area contributed by atoms with Crippen LogP contribution in [0.15, 0.2) is 48.2 Å². The van der Waals surface area contributed by atoms with Gasteiger partial charge in [0.15, 0.2) is 0 Å². The van der Waals surface area contributed by atoms with Crippen LogP contribution in [0, 0.1) is 6.92 Å². The molecule has 0 saturated carbocycles. The van der Waals surface area contributed by atoms with Crippen LogP contribution in [-0.4, -0.2) is 35.9 Å². The fraction of sp³-hybridized carbons (Fsp3) is 0.190. The quantitative estimate of drug-likeness (QED) is 0.559. The van der Waals surface area contributed by atoms with E-state index < -0.39 is 24.4 Å². The van der Waals surface area contributed by atoms with E-state index in [2.05, 4.69) is 10.6 Å². The van der Waals surface area contributed by atoms with Gasteiger partial charge in [0, 0.05) is 16.3 Å². The summed E-state index contributed by atoms with van der Waals surface area (Å²) in [5, 5.41) is 5.63. The zero-order valence-corrected chi connectivity index (χ0v) is 16.7. The highest BCUT2D eigenvalue weighted by Crippen LogP contribution is 2.26. The molecule has 7 nitrogen and oxygen atoms in total. The fourth-order valence-electron chi connectivity index (χ4n) is 2.86. The number of aryl methyl sites for hydroxylation is 1. The van der Waals surface area contributed by atoms with Crippen molar-refractivity contribution in [2.45, 2.75) is 13.8 Å². The maximum absolute atomic E-state index is 12.6. The summed E-state index contributed by atoms with van der Waals surface area (Å²) >= 11 is 6.03. The summed E-state index contributed by atoms with van der Waals surface area (Å²) in [5.41, 5.74) is 2.17. The van der Waals surface area contributed by atoms with Gasteiger partial charge in [-0.2, -0.15) is 0 Å². The van der Waals surface area contributed by atoms with Gasteiger partial charge in [0.2, 0.25) is 5.91 Å². The van der Waals surface area contributed by atoms with Gasteiger partial charge in [-0.3, -0.25) is 9.59 Å². The standard InChI is InChI=1S/C21H20ClN3O4/c1-3-29-18-8-7-15(22)10-14(18)11-17-20(27)25(21(28)24-17)12-19(26)23-16-6-4-5-13(2)9-16/h4-11H,3,12H2,1-2H3,(H,23,26)(H,24,28)/b17-11-. The summed E-state index contributed by atoms with van der Waals surface area (Å²) in [5.74, 6) is -0.544. The third-order valence-electron chi connectivity index (χ3n) is 4.14. The van der Waals surface area contributed by atoms with E-state index in [-0.39, 0.29) is 5.70 Å². The van der Waals surface area contributed by atoms with Gasteiger partial charge in [0.25, 0.3) is 5.91 Å². The van der Waals surface area contributed by atoms with Crippen molar-refractivity contribution in [3.63, 3.8) is 0 Å². The number of anilines is 1. The van der Waals surface area contributed by atoms with Crippen LogP contribution in [0.5, 0.6) is 5.75 Å². The molecule has 0 aromatic heterocycles. The minimum atomic E-state index is -0.666. The van der Waals surface area contributed by atoms with Gasteiger partial charge in [-0.05, 0) is 55.8 Å². The molecule has 0 radical (unpaired) electrons. The number of carbonyl (C=O) groups excluding carboxylic acids is 3. The summed E-state index contributed by atoms with van der Waals surface area (Å²) in [4.78, 5) is 38.0. The molecule has 1 saturated heterocycles. The number of imide groups is 1. The number of carbonyl (C=O) groups is 3. The average Bonchev–Trinajstić information content (AvgIpc) is 2.91. The fourth-order valence-corrected chi connectivity index (χ4v) is 3.04. The van der Waals surface area contributed by atoms with Crippen molar-refractivity contribution in [1.29, 1.82) is 0 Å². The van der Waals surface area contributed by atoms with Crippen LogP contribution < -0.4 is 15.4 Å². The van der Waals surface area contributed by atoms with Crippen molar-refractivity contribution in [2.24, 2.45) is 0 Å². The molecule has 150 valence electrons. The Labute approximate surface area is 173 Å². The molecule has 0 atom stereocenters. The van der Waals surface area contributed by atoms with Crippen LogP contribution in [0.25, 0.3) is 6.08 Å². The van der Waals surface area contributed by atoms with Gasteiger partial charge in [-0.25, -0.2) is 9.69 Å². The van der Waals surface area contributed by atoms with Gasteiger partial charge >= 0.3 is 6.03 Å². The van der Waals surface area contributed by atoms with E-state index >= 15 is 0 Å². The molecule has 4 amide bonds. The van der Waals surface area contributed by atoms with Crippen LogP contribution in [0.2, 0.25) is 5.02 Å². The maximum atomic E-state index is 12.6. The minimum absolute atomic E-state index is 0.0431. The average molecular weight is 414 g/mol. The molecule has 0 spiro atoms. The normalized spacial score (nSPS) is 14.9. The summed E-state index contributed by atoms with van der Waals surface area (Å²) in [6.45, 7) is 3.77. The molecule has 0 aliphatic carbocycles. The Morgan fingerprint density at radius 3 is 2.76 bits per heavy atom. The van der Waals surface area contributed by atoms with Crippen LogP contribution in [0.4, 0.5) is 10.5 Å². The molecule has 1 aliphatic rings. The Morgan fingerprint density at radius 1 is 1.24 bits per heavy atom. The van der Waals surface area contributed by atoms with Crippen LogP contribution in [0.3, 0.4) is 0 Å². The van der Waals surface area contributed by atoms with E-state index in [1.165, 1.54) is 6.08 Å². The smallest absolute Gasteiger partial charge is 0.329 e. The van der Waals surface area contributed by atoms with E-state index in [1.54, 1.807) is 36.4 Å². The number of hydrogen-bond acceptors (Lipinski definition) is 4. The topological polar surface area (TPSA) is 87.7 Å². The Bertz CT molecular complexity index is 1000. The number of nitrogens with one attached hydrogen (secondary N) is 2. The number of urea groups is 1. The molecular weight excluding hydrogens is 394 g/mol. The summed E-state index contributed by atoms with van der Waals surface area (Å²) in [7, 11) is 0. The van der Waals surface area contributed by atoms with Crippen molar-refractivity contribution in [3.8, 4) is 5.75 Å². The van der Waals surface area contributed by atoms with E-state index in [0.29, 0.717) is 28.6 Å². The first-order chi connectivity index (χ1) is 13.9. The Morgan fingerprint density at radius 2 is 2.03 bits per heavy atom. The molecule has 3 rings (SSSR count). The lowest BCUT2D eigenvalue weighted by atomic mass is 10.1. The van der Waals surface area contributed by atoms with E-state index in [4.69, 9.17) is 16.3 Å². The third-order valence-corrected chi connectivity index (χ3v) is 4.37. The lowest BCUT2D eigenvalue weighted by molar-refractivity contribution is -0.127. The molecular formula is C21H20ClN3O4. The molecule has 29 heavy (non-hydrogen) atoms. The van der Waals surface area contributed by atoms with Gasteiger partial charge in [0.05, 0.1) is 6.61 Å². The van der Waals surface area contributed by atoms with E-state index in [1.807, 2.05) is 19.9 Å². The third kappa shape index (κ3) is 4.94. The van der Waals surface area contributed by atoms with Crippen molar-refractivity contribution in [1.82, 2.24) is 10.2 Å². The highest BCUT2D eigenvalue weighted by molar-refractivity contribution is 6.30. The molecule has 0 unspecified atom stereocenters. The monoisotopic (exact) mass is 413 g/mol. The molecule has 1 heterocycles. The molecule has 1 fully saturated rings. The predicted molar refractivity (Wildman–Crippen MR) is 111 cm³/mol. The highest BCUT2D eigenvalue weighted by Gasteiger charge is 2.35. The second kappa shape index (κ2) is 8.79. The summed E-state index contributed by atoms with van der Waals surface area (Å²) < 4.78 is 5.53. The molecule has 0 bridgehead atoms. The first kappa shape index (κ1) is 20.4. The first-order valence-corrected chi connectivity index (χ1v) is 9.38. The zero-order chi connectivity index (χ0) is 21.0. The lowest BCUT2D eigenvalue weighted by Gasteiger charge is -2.12. The Balaban J connectivity index is 1.75. The number of hydrogen-bond donors (Lipinski definition) is 2. The van der Waals surface area contributed by atoms with Crippen LogP contribution in [0.1, 0.15) is 18.1 Å². The predicted octanol–water partition coefficient (Wildman–Crippen LogP) is 3.58. The van der Waals surface area contributed by atoms with Gasteiger partial charge in [0.1, 0.15) is 18.0 Å². The second-order valence-electron chi connectivity index (χ2n) is 6.41. The van der Waals surface area contributed by atoms with Crippen LogP contribution >= 0.6 is 11.6 Å². The molecule has 8 heteroatoms. The number of rotatable bonds is 6. The molecule has 2 N–H and O–H groups in total. The SMILES string of the molecule is CCOc1ccc(Cl)cc1/C=C1\NC(=O)N(CC(=O)Nc2cccc(C)c2)C1=O. The Hall–Kier alpha value is -3.32. The number of benzene rings is 2. The van der Waals surface area contributed by atoms with Gasteiger partial charge in [-0.15, -0.1) is 0 Å². The lowest BCUT2D eigenvalue weighted by Crippen LogP contribution is -2.38. The number of halogens is 1. The number of ether oxygens (including phenoxy) is 1. The number of amides is 4. The Kier molecular flexibility index (Phi) is 6.19. The van der Waals surface area contributed by atoms with E-state index in [9.17, 15) is 14.4 Å². The largest absolute Gasteiger partial charge is 0.493 e. The summed E-state index contributed by atoms with van der Waals surface area (Å²) in [6, 6.07) is 11.6. The summed E-state index contributed by atoms with van der Waals surface area (Å²) in [6.07, 6.45) is 1.48. The maximum Gasteiger partial charge on any atom is 0.329 e. The van der Waals surface area contributed by atoms with Crippen LogP contribution in [-0.2, 0) is 9.59 Å². The second-order valence-corrected chi connectivity index (χ2v) is 6.85. The zero-order valence-electron chi connectivity index (χ0n) is 16.0.